The molecule has 2 bridgehead atoms. The number of ether oxygens (including phenoxy) is 1. The number of piperidine rings is 1. The van der Waals surface area contributed by atoms with E-state index in [1.807, 2.05) is 0 Å². The monoisotopic (exact) mass is 475 g/mol. The standard InChI is InChI=1S/C18H29FNO2.3CH3.Sn/c1-22-18(21)17-15(13-6-3-2-4-7-13)12-14-8-9-16(17)20(14)11-5-10-19;;;;/h2,13-17H,3-12H2,1H3;3*1H3;/t14-,15-,16?,17?;;;;/m1..../s1. The first-order valence-electron chi connectivity index (χ1n) is 10.8. The van der Waals surface area contributed by atoms with E-state index < -0.39 is 18.4 Å². The molecule has 2 aliphatic heterocycles. The van der Waals surface area contributed by atoms with Crippen LogP contribution in [-0.2, 0) is 9.53 Å². The third-order valence-electron chi connectivity index (χ3n) is 7.74. The molecule has 0 aromatic carbocycles. The number of esters is 1. The molecule has 26 heavy (non-hydrogen) atoms. The number of rotatable bonds is 6. The number of carbonyl (C=O) groups is 1. The molecule has 3 nitrogen and oxygen atoms in total. The third-order valence-corrected chi connectivity index (χ3v) is 16.4. The molecule has 0 radical (unpaired) electrons. The Kier molecular flexibility index (Phi) is 6.96. The van der Waals surface area contributed by atoms with Crippen LogP contribution in [0.3, 0.4) is 0 Å². The second-order valence-electron chi connectivity index (χ2n) is 10.0. The molecule has 0 aromatic rings. The zero-order valence-corrected chi connectivity index (χ0v) is 20.0. The van der Waals surface area contributed by atoms with Gasteiger partial charge >= 0.3 is 163 Å². The number of methoxy groups -OCH3 is 1. The average Bonchev–Trinajstić information content (AvgIpc) is 2.89. The van der Waals surface area contributed by atoms with Gasteiger partial charge in [0, 0.05) is 0 Å². The Balaban J connectivity index is 1.72. The summed E-state index contributed by atoms with van der Waals surface area (Å²) in [5.74, 6) is 1.17. The Morgan fingerprint density at radius 2 is 1.81 bits per heavy atom. The third kappa shape index (κ3) is 4.26. The molecular weight excluding hydrogens is 436 g/mol. The molecule has 3 fully saturated rings. The van der Waals surface area contributed by atoms with Crippen LogP contribution in [0.2, 0.25) is 18.8 Å². The fourth-order valence-electron chi connectivity index (χ4n) is 6.31. The van der Waals surface area contributed by atoms with Crippen LogP contribution in [0, 0.1) is 17.8 Å². The molecule has 4 atom stereocenters. The van der Waals surface area contributed by atoms with E-state index in [0.717, 1.165) is 23.3 Å². The van der Waals surface area contributed by atoms with Gasteiger partial charge in [0.15, 0.2) is 0 Å². The molecule has 0 amide bonds. The van der Waals surface area contributed by atoms with Crippen LogP contribution in [0.15, 0.2) is 0 Å². The predicted molar refractivity (Wildman–Crippen MR) is 107 cm³/mol. The van der Waals surface area contributed by atoms with Gasteiger partial charge in [0.1, 0.15) is 0 Å². The quantitative estimate of drug-likeness (QED) is 0.406. The predicted octanol–water partition coefficient (Wildman–Crippen LogP) is 4.89. The summed E-state index contributed by atoms with van der Waals surface area (Å²) in [7, 11) is 1.54. The van der Waals surface area contributed by atoms with Gasteiger partial charge in [-0.1, -0.05) is 0 Å². The van der Waals surface area contributed by atoms with Crippen molar-refractivity contribution < 1.29 is 13.9 Å². The van der Waals surface area contributed by atoms with Gasteiger partial charge in [-0.2, -0.15) is 0 Å². The summed E-state index contributed by atoms with van der Waals surface area (Å²) in [6, 6.07) is 0.856. The fraction of sp³-hybridized carbons (Fsp3) is 0.952. The first-order valence-corrected chi connectivity index (χ1v) is 21.0. The number of carbonyl (C=O) groups excluding carboxylic acids is 1. The zero-order valence-electron chi connectivity index (χ0n) is 17.2. The van der Waals surface area contributed by atoms with Crippen LogP contribution in [0.4, 0.5) is 4.39 Å². The van der Waals surface area contributed by atoms with Crippen molar-refractivity contribution >= 4 is 24.3 Å². The van der Waals surface area contributed by atoms with Gasteiger partial charge in [0.05, 0.1) is 0 Å². The number of nitrogens with zero attached hydrogens (tertiary/aromatic N) is 1. The van der Waals surface area contributed by atoms with Crippen molar-refractivity contribution in [2.24, 2.45) is 17.8 Å². The second kappa shape index (κ2) is 8.67. The summed E-state index contributed by atoms with van der Waals surface area (Å²) in [5.41, 5.74) is 0. The van der Waals surface area contributed by atoms with E-state index in [-0.39, 0.29) is 24.6 Å². The Bertz CT molecular complexity index is 487. The first-order chi connectivity index (χ1) is 12.4. The van der Waals surface area contributed by atoms with Gasteiger partial charge < -0.3 is 0 Å². The summed E-state index contributed by atoms with van der Waals surface area (Å²) in [4.78, 5) is 22.9. The minimum absolute atomic E-state index is 0.0114. The zero-order chi connectivity index (χ0) is 18.9. The molecule has 2 unspecified atom stereocenters. The average molecular weight is 474 g/mol. The summed E-state index contributed by atoms with van der Waals surface area (Å²) in [5, 5.41) is 0. The van der Waals surface area contributed by atoms with Gasteiger partial charge in [-0.25, -0.2) is 0 Å². The van der Waals surface area contributed by atoms with E-state index in [2.05, 4.69) is 19.7 Å². The molecular formula is C21H38FNO2Sn. The summed E-state index contributed by atoms with van der Waals surface area (Å²) in [6.45, 7) is 0.544. The Hall–Kier alpha value is 0.159. The number of alkyl halides is 1. The van der Waals surface area contributed by atoms with Crippen LogP contribution in [0.1, 0.15) is 51.4 Å². The number of halogens is 1. The van der Waals surface area contributed by atoms with Gasteiger partial charge in [0.25, 0.3) is 0 Å². The first kappa shape index (κ1) is 20.9. The molecule has 0 N–H and O–H groups in total. The Morgan fingerprint density at radius 1 is 1.12 bits per heavy atom. The van der Waals surface area contributed by atoms with E-state index in [1.165, 1.54) is 39.2 Å². The van der Waals surface area contributed by atoms with Gasteiger partial charge in [0.2, 0.25) is 0 Å². The summed E-state index contributed by atoms with van der Waals surface area (Å²) < 4.78 is 19.0. The topological polar surface area (TPSA) is 29.5 Å². The summed E-state index contributed by atoms with van der Waals surface area (Å²) in [6.07, 6.45) is 9.36. The number of hydrogen-bond donors (Lipinski definition) is 0. The Morgan fingerprint density at radius 3 is 2.38 bits per heavy atom. The Labute approximate surface area is 163 Å². The van der Waals surface area contributed by atoms with Crippen molar-refractivity contribution in [1.82, 2.24) is 4.90 Å². The molecule has 0 aromatic heterocycles. The normalized spacial score (nSPS) is 38.3. The molecule has 1 saturated carbocycles. The van der Waals surface area contributed by atoms with E-state index in [4.69, 9.17) is 4.74 Å². The van der Waals surface area contributed by atoms with Crippen molar-refractivity contribution in [3.8, 4) is 0 Å². The second-order valence-corrected chi connectivity index (χ2v) is 25.8. The summed E-state index contributed by atoms with van der Waals surface area (Å²) >= 11 is -1.80. The van der Waals surface area contributed by atoms with E-state index in [9.17, 15) is 9.18 Å². The maximum absolute atomic E-state index is 12.7. The fourth-order valence-corrected chi connectivity index (χ4v) is 12.2. The van der Waals surface area contributed by atoms with Crippen molar-refractivity contribution in [2.75, 3.05) is 20.3 Å². The molecule has 2 saturated heterocycles. The van der Waals surface area contributed by atoms with Crippen molar-refractivity contribution in [3.63, 3.8) is 0 Å². The maximum atomic E-state index is 12.7. The van der Waals surface area contributed by atoms with Gasteiger partial charge in [-0.15, -0.1) is 0 Å². The van der Waals surface area contributed by atoms with Crippen LogP contribution in [0.25, 0.3) is 0 Å². The number of hydrogen-bond acceptors (Lipinski definition) is 3. The van der Waals surface area contributed by atoms with Crippen LogP contribution in [0.5, 0.6) is 0 Å². The van der Waals surface area contributed by atoms with Crippen molar-refractivity contribution in [3.05, 3.63) is 0 Å². The van der Waals surface area contributed by atoms with Crippen molar-refractivity contribution in [2.45, 2.75) is 82.2 Å². The molecule has 3 aliphatic rings. The molecule has 5 heteroatoms. The van der Waals surface area contributed by atoms with E-state index >= 15 is 0 Å². The SMILES string of the molecule is COC(=O)C1C2CC[C@H](C[C@@H]1C1CC[CH]([Sn]([CH3])([CH3])[CH3])CC1)N2CCCF. The molecule has 150 valence electrons. The van der Waals surface area contributed by atoms with Gasteiger partial charge in [-0.3, -0.25) is 0 Å². The van der Waals surface area contributed by atoms with Crippen molar-refractivity contribution in [1.29, 1.82) is 0 Å². The van der Waals surface area contributed by atoms with E-state index in [1.54, 1.807) is 0 Å². The molecule has 1 aliphatic carbocycles. The molecule has 2 heterocycles. The molecule has 0 spiro atoms. The van der Waals surface area contributed by atoms with E-state index in [0.29, 0.717) is 24.3 Å². The molecule has 3 rings (SSSR count). The number of fused-ring (bicyclic) bond motifs is 2. The van der Waals surface area contributed by atoms with Crippen LogP contribution >= 0.6 is 0 Å². The van der Waals surface area contributed by atoms with Crippen LogP contribution < -0.4 is 0 Å². The van der Waals surface area contributed by atoms with Crippen LogP contribution in [-0.4, -0.2) is 61.7 Å². The van der Waals surface area contributed by atoms with Gasteiger partial charge in [-0.05, 0) is 0 Å². The minimum atomic E-state index is -1.80.